The maximum Gasteiger partial charge on any atom is 0.294 e. The summed E-state index contributed by atoms with van der Waals surface area (Å²) >= 11 is 0. The Morgan fingerprint density at radius 1 is 1.44 bits per heavy atom. The Labute approximate surface area is 95.0 Å². The fourth-order valence-corrected chi connectivity index (χ4v) is 2.13. The molecule has 94 valence electrons. The van der Waals surface area contributed by atoms with Crippen molar-refractivity contribution in [3.63, 3.8) is 0 Å². The number of rotatable bonds is 5. The van der Waals surface area contributed by atoms with Crippen molar-refractivity contribution in [2.24, 2.45) is 11.8 Å². The van der Waals surface area contributed by atoms with E-state index in [4.69, 9.17) is 9.47 Å². The number of ether oxygens (including phenoxy) is 2. The minimum atomic E-state index is -0.788. The first-order valence-electron chi connectivity index (χ1n) is 5.43. The van der Waals surface area contributed by atoms with Gasteiger partial charge in [0.2, 0.25) is 0 Å². The van der Waals surface area contributed by atoms with Gasteiger partial charge in [-0.05, 0) is 12.8 Å². The van der Waals surface area contributed by atoms with Crippen LogP contribution in [-0.2, 0) is 14.3 Å². The molecular formula is C10H19NO5. The minimum absolute atomic E-state index is 0.144. The first kappa shape index (κ1) is 13.2. The molecule has 1 saturated heterocycles. The van der Waals surface area contributed by atoms with Gasteiger partial charge >= 0.3 is 0 Å². The van der Waals surface area contributed by atoms with Crippen LogP contribution in [0.1, 0.15) is 20.8 Å². The van der Waals surface area contributed by atoms with Crippen molar-refractivity contribution in [3.8, 4) is 0 Å². The van der Waals surface area contributed by atoms with Gasteiger partial charge in [0, 0.05) is 13.0 Å². The van der Waals surface area contributed by atoms with Gasteiger partial charge < -0.3 is 14.3 Å². The zero-order chi connectivity index (χ0) is 12.3. The normalized spacial score (nSPS) is 31.7. The SMILES string of the molecule is COC1C(C(C)C)COC1C(C)O[N+](=O)[O-]. The molecule has 0 saturated carbocycles. The summed E-state index contributed by atoms with van der Waals surface area (Å²) in [6, 6.07) is 0. The molecule has 0 aromatic heterocycles. The van der Waals surface area contributed by atoms with E-state index >= 15 is 0 Å². The zero-order valence-electron chi connectivity index (χ0n) is 10.1. The van der Waals surface area contributed by atoms with Crippen molar-refractivity contribution in [2.75, 3.05) is 13.7 Å². The van der Waals surface area contributed by atoms with Crippen LogP contribution in [0, 0.1) is 22.0 Å². The van der Waals surface area contributed by atoms with E-state index in [1.165, 1.54) is 0 Å². The Hall–Kier alpha value is -0.880. The van der Waals surface area contributed by atoms with Gasteiger partial charge in [0.25, 0.3) is 5.09 Å². The molecule has 4 atom stereocenters. The van der Waals surface area contributed by atoms with Crippen molar-refractivity contribution in [1.29, 1.82) is 0 Å². The average Bonchev–Trinajstić information content (AvgIpc) is 2.59. The summed E-state index contributed by atoms with van der Waals surface area (Å²) in [5, 5.41) is 9.48. The first-order valence-corrected chi connectivity index (χ1v) is 5.43. The smallest absolute Gasteiger partial charge is 0.294 e. The van der Waals surface area contributed by atoms with Gasteiger partial charge in [-0.3, -0.25) is 0 Å². The Morgan fingerprint density at radius 3 is 2.50 bits per heavy atom. The molecule has 0 aromatic rings. The quantitative estimate of drug-likeness (QED) is 0.528. The number of methoxy groups -OCH3 is 1. The molecule has 1 aliphatic rings. The lowest BCUT2D eigenvalue weighted by Crippen LogP contribution is -2.40. The first-order chi connectivity index (χ1) is 7.47. The predicted octanol–water partition coefficient (Wildman–Crippen LogP) is 1.27. The molecule has 1 aliphatic heterocycles. The molecule has 0 spiro atoms. The van der Waals surface area contributed by atoms with Gasteiger partial charge in [0.05, 0.1) is 12.7 Å². The van der Waals surface area contributed by atoms with Crippen LogP contribution in [0.25, 0.3) is 0 Å². The molecule has 0 amide bonds. The molecule has 6 heteroatoms. The number of hydrogen-bond donors (Lipinski definition) is 0. The maximum absolute atomic E-state index is 10.3. The highest BCUT2D eigenvalue weighted by atomic mass is 17.0. The van der Waals surface area contributed by atoms with Crippen LogP contribution in [0.5, 0.6) is 0 Å². The van der Waals surface area contributed by atoms with Gasteiger partial charge in [-0.25, -0.2) is 0 Å². The Kier molecular flexibility index (Phi) is 4.49. The van der Waals surface area contributed by atoms with Gasteiger partial charge in [0.1, 0.15) is 12.2 Å². The van der Waals surface area contributed by atoms with Crippen LogP contribution < -0.4 is 0 Å². The van der Waals surface area contributed by atoms with E-state index in [-0.39, 0.29) is 18.1 Å². The number of hydrogen-bond acceptors (Lipinski definition) is 5. The van der Waals surface area contributed by atoms with E-state index in [0.717, 1.165) is 0 Å². The van der Waals surface area contributed by atoms with Gasteiger partial charge in [0.15, 0.2) is 0 Å². The third kappa shape index (κ3) is 2.82. The van der Waals surface area contributed by atoms with Crippen LogP contribution in [0.4, 0.5) is 0 Å². The minimum Gasteiger partial charge on any atom is -0.378 e. The van der Waals surface area contributed by atoms with Crippen molar-refractivity contribution in [1.82, 2.24) is 0 Å². The Bertz CT molecular complexity index is 245. The molecule has 0 radical (unpaired) electrons. The summed E-state index contributed by atoms with van der Waals surface area (Å²) in [6.07, 6.45) is -1.12. The average molecular weight is 233 g/mol. The second kappa shape index (κ2) is 5.45. The standard InChI is InChI=1S/C10H19NO5/c1-6(2)8-5-15-9(10(8)14-4)7(3)16-11(12)13/h6-10H,5H2,1-4H3. The molecule has 6 nitrogen and oxygen atoms in total. The molecule has 4 unspecified atom stereocenters. The largest absolute Gasteiger partial charge is 0.378 e. The molecule has 1 rings (SSSR count). The summed E-state index contributed by atoms with van der Waals surface area (Å²) in [4.78, 5) is 14.8. The van der Waals surface area contributed by atoms with Crippen LogP contribution in [-0.4, -0.2) is 37.1 Å². The highest BCUT2D eigenvalue weighted by Crippen LogP contribution is 2.31. The summed E-state index contributed by atoms with van der Waals surface area (Å²) < 4.78 is 10.9. The lowest BCUT2D eigenvalue weighted by Gasteiger charge is -2.26. The maximum atomic E-state index is 10.3. The van der Waals surface area contributed by atoms with E-state index in [1.54, 1.807) is 14.0 Å². The van der Waals surface area contributed by atoms with Crippen molar-refractivity contribution < 1.29 is 19.4 Å². The molecule has 0 aromatic carbocycles. The van der Waals surface area contributed by atoms with Gasteiger partial charge in [-0.2, -0.15) is 0 Å². The molecule has 1 fully saturated rings. The summed E-state index contributed by atoms with van der Waals surface area (Å²) in [5.41, 5.74) is 0. The van der Waals surface area contributed by atoms with E-state index < -0.39 is 11.2 Å². The highest BCUT2D eigenvalue weighted by Gasteiger charge is 2.42. The van der Waals surface area contributed by atoms with Gasteiger partial charge in [-0.1, -0.05) is 13.8 Å². The zero-order valence-corrected chi connectivity index (χ0v) is 10.1. The second-order valence-corrected chi connectivity index (χ2v) is 4.44. The molecule has 1 heterocycles. The lowest BCUT2D eigenvalue weighted by atomic mass is 9.89. The fraction of sp³-hybridized carbons (Fsp3) is 1.00. The second-order valence-electron chi connectivity index (χ2n) is 4.44. The van der Waals surface area contributed by atoms with Crippen LogP contribution in [0.15, 0.2) is 0 Å². The predicted molar refractivity (Wildman–Crippen MR) is 56.4 cm³/mol. The monoisotopic (exact) mass is 233 g/mol. The van der Waals surface area contributed by atoms with E-state index in [1.807, 2.05) is 0 Å². The third-order valence-electron chi connectivity index (χ3n) is 3.07. The number of nitrogens with zero attached hydrogens (tertiary/aromatic N) is 1. The third-order valence-corrected chi connectivity index (χ3v) is 3.07. The highest BCUT2D eigenvalue weighted by molar-refractivity contribution is 4.89. The topological polar surface area (TPSA) is 70.8 Å². The van der Waals surface area contributed by atoms with Crippen LogP contribution in [0.3, 0.4) is 0 Å². The van der Waals surface area contributed by atoms with Gasteiger partial charge in [-0.15, -0.1) is 10.1 Å². The van der Waals surface area contributed by atoms with Crippen LogP contribution >= 0.6 is 0 Å². The molecule has 0 bridgehead atoms. The molecule has 0 aliphatic carbocycles. The van der Waals surface area contributed by atoms with Crippen molar-refractivity contribution >= 4 is 0 Å². The lowest BCUT2D eigenvalue weighted by molar-refractivity contribution is -0.769. The summed E-state index contributed by atoms with van der Waals surface area (Å²) in [6.45, 7) is 6.36. The van der Waals surface area contributed by atoms with E-state index in [0.29, 0.717) is 12.5 Å². The Morgan fingerprint density at radius 2 is 2.06 bits per heavy atom. The Balaban J connectivity index is 2.64. The summed E-state index contributed by atoms with van der Waals surface area (Å²) in [7, 11) is 1.60. The summed E-state index contributed by atoms with van der Waals surface area (Å²) in [5.74, 6) is 0.672. The van der Waals surface area contributed by atoms with Crippen LogP contribution in [0.2, 0.25) is 0 Å². The molecule has 0 N–H and O–H groups in total. The van der Waals surface area contributed by atoms with Crippen molar-refractivity contribution in [3.05, 3.63) is 10.1 Å². The molecular weight excluding hydrogens is 214 g/mol. The fourth-order valence-electron chi connectivity index (χ4n) is 2.13. The molecule has 16 heavy (non-hydrogen) atoms. The van der Waals surface area contributed by atoms with Crippen molar-refractivity contribution in [2.45, 2.75) is 39.1 Å². The van der Waals surface area contributed by atoms with E-state index in [9.17, 15) is 10.1 Å². The van der Waals surface area contributed by atoms with E-state index in [2.05, 4.69) is 18.7 Å².